The van der Waals surface area contributed by atoms with Gasteiger partial charge in [-0.15, -0.1) is 5.06 Å². The van der Waals surface area contributed by atoms with Crippen LogP contribution in [0.1, 0.15) is 30.4 Å². The van der Waals surface area contributed by atoms with Crippen molar-refractivity contribution in [3.05, 3.63) is 59.7 Å². The lowest BCUT2D eigenvalue weighted by molar-refractivity contribution is -0.197. The summed E-state index contributed by atoms with van der Waals surface area (Å²) >= 11 is 0. The molecular formula is C22H19NO4. The van der Waals surface area contributed by atoms with Gasteiger partial charge in [-0.3, -0.25) is 9.59 Å². The molecule has 0 unspecified atom stereocenters. The zero-order valence-electron chi connectivity index (χ0n) is 15.0. The van der Waals surface area contributed by atoms with Gasteiger partial charge in [0.15, 0.2) is 0 Å². The maximum absolute atomic E-state index is 12.2. The first kappa shape index (κ1) is 17.2. The number of hydroxylamine groups is 2. The Bertz CT molecular complexity index is 1010. The molecule has 3 aromatic carbocycles. The SMILES string of the molecule is Cc1c2ccccc2c(CCC(=O)ON2C(=O)CCC2=O)c2ccccc12. The number of rotatable bonds is 4. The van der Waals surface area contributed by atoms with E-state index in [0.717, 1.165) is 27.1 Å². The van der Waals surface area contributed by atoms with Crippen LogP contribution in [0.2, 0.25) is 0 Å². The van der Waals surface area contributed by atoms with Crippen molar-refractivity contribution in [1.29, 1.82) is 0 Å². The van der Waals surface area contributed by atoms with E-state index in [1.165, 1.54) is 5.56 Å². The van der Waals surface area contributed by atoms with E-state index < -0.39 is 17.8 Å². The van der Waals surface area contributed by atoms with Gasteiger partial charge in [0, 0.05) is 12.8 Å². The predicted molar refractivity (Wildman–Crippen MR) is 102 cm³/mol. The molecule has 1 heterocycles. The fraction of sp³-hybridized carbons (Fsp3) is 0.227. The van der Waals surface area contributed by atoms with Crippen LogP contribution in [0, 0.1) is 6.92 Å². The Hall–Kier alpha value is -3.21. The maximum atomic E-state index is 12.2. The summed E-state index contributed by atoms with van der Waals surface area (Å²) in [6, 6.07) is 16.3. The molecule has 0 bridgehead atoms. The Balaban J connectivity index is 1.65. The van der Waals surface area contributed by atoms with Crippen LogP contribution in [-0.2, 0) is 25.6 Å². The van der Waals surface area contributed by atoms with E-state index in [9.17, 15) is 14.4 Å². The van der Waals surface area contributed by atoms with Crippen LogP contribution in [0.4, 0.5) is 0 Å². The van der Waals surface area contributed by atoms with Crippen LogP contribution in [0.25, 0.3) is 21.5 Å². The van der Waals surface area contributed by atoms with Gasteiger partial charge >= 0.3 is 5.97 Å². The second-order valence-electron chi connectivity index (χ2n) is 6.74. The summed E-state index contributed by atoms with van der Waals surface area (Å²) in [6.07, 6.45) is 0.753. The zero-order chi connectivity index (χ0) is 19.0. The summed E-state index contributed by atoms with van der Waals surface area (Å²) in [5.74, 6) is -1.49. The Morgan fingerprint density at radius 1 is 0.889 bits per heavy atom. The Morgan fingerprint density at radius 3 is 1.89 bits per heavy atom. The minimum atomic E-state index is -0.577. The molecule has 1 aliphatic rings. The summed E-state index contributed by atoms with van der Waals surface area (Å²) in [5, 5.41) is 5.13. The summed E-state index contributed by atoms with van der Waals surface area (Å²) in [5.41, 5.74) is 2.28. The minimum Gasteiger partial charge on any atom is -0.330 e. The first-order valence-electron chi connectivity index (χ1n) is 9.02. The van der Waals surface area contributed by atoms with Gasteiger partial charge in [0.2, 0.25) is 0 Å². The topological polar surface area (TPSA) is 63.7 Å². The van der Waals surface area contributed by atoms with Crippen LogP contribution < -0.4 is 0 Å². The highest BCUT2D eigenvalue weighted by molar-refractivity contribution is 6.06. The normalized spacial score (nSPS) is 14.3. The van der Waals surface area contributed by atoms with Crippen molar-refractivity contribution in [2.75, 3.05) is 0 Å². The van der Waals surface area contributed by atoms with Crippen molar-refractivity contribution in [2.45, 2.75) is 32.6 Å². The molecule has 1 fully saturated rings. The average molecular weight is 361 g/mol. The molecule has 0 aromatic heterocycles. The van der Waals surface area contributed by atoms with Gasteiger partial charge in [0.25, 0.3) is 11.8 Å². The van der Waals surface area contributed by atoms with Gasteiger partial charge in [0.1, 0.15) is 0 Å². The fourth-order valence-corrected chi connectivity index (χ4v) is 3.74. The minimum absolute atomic E-state index is 0.0914. The molecule has 5 heteroatoms. The molecule has 2 amide bonds. The average Bonchev–Trinajstić information content (AvgIpc) is 3.00. The number of hydrogen-bond donors (Lipinski definition) is 0. The Morgan fingerprint density at radius 2 is 1.37 bits per heavy atom. The van der Waals surface area contributed by atoms with Crippen LogP contribution in [0.3, 0.4) is 0 Å². The molecule has 1 aliphatic heterocycles. The van der Waals surface area contributed by atoms with E-state index in [2.05, 4.69) is 31.2 Å². The standard InChI is InChI=1S/C22H19NO4/c1-14-15-6-2-4-8-17(15)19(18-9-5-3-7-16(14)18)10-13-22(26)27-23-20(24)11-12-21(23)25/h2-9H,10-13H2,1H3. The lowest BCUT2D eigenvalue weighted by atomic mass is 9.90. The van der Waals surface area contributed by atoms with Crippen LogP contribution in [0.15, 0.2) is 48.5 Å². The van der Waals surface area contributed by atoms with Crippen molar-refractivity contribution in [3.8, 4) is 0 Å². The number of benzene rings is 3. The highest BCUT2D eigenvalue weighted by atomic mass is 16.7. The molecule has 4 rings (SSSR count). The number of carbonyl (C=O) groups is 3. The number of hydrogen-bond acceptors (Lipinski definition) is 4. The number of amides is 2. The molecule has 0 radical (unpaired) electrons. The van der Waals surface area contributed by atoms with E-state index in [1.54, 1.807) is 0 Å². The van der Waals surface area contributed by atoms with Gasteiger partial charge in [-0.2, -0.15) is 0 Å². The van der Waals surface area contributed by atoms with Gasteiger partial charge in [-0.25, -0.2) is 4.79 Å². The molecule has 0 saturated carbocycles. The highest BCUT2D eigenvalue weighted by Gasteiger charge is 2.32. The summed E-state index contributed by atoms with van der Waals surface area (Å²) in [7, 11) is 0. The van der Waals surface area contributed by atoms with E-state index >= 15 is 0 Å². The van der Waals surface area contributed by atoms with E-state index in [4.69, 9.17) is 4.84 Å². The highest BCUT2D eigenvalue weighted by Crippen LogP contribution is 2.33. The van der Waals surface area contributed by atoms with Crippen molar-refractivity contribution >= 4 is 39.3 Å². The fourth-order valence-electron chi connectivity index (χ4n) is 3.74. The van der Waals surface area contributed by atoms with Crippen molar-refractivity contribution < 1.29 is 19.2 Å². The maximum Gasteiger partial charge on any atom is 0.333 e. The molecular weight excluding hydrogens is 342 g/mol. The second-order valence-corrected chi connectivity index (χ2v) is 6.74. The van der Waals surface area contributed by atoms with E-state index in [-0.39, 0.29) is 19.3 Å². The number of imide groups is 1. The number of aryl methyl sites for hydroxylation is 2. The number of nitrogens with zero attached hydrogens (tertiary/aromatic N) is 1. The molecule has 3 aromatic rings. The predicted octanol–water partition coefficient (Wildman–Crippen LogP) is 3.84. The second kappa shape index (κ2) is 6.83. The lowest BCUT2D eigenvalue weighted by Gasteiger charge is -2.15. The van der Waals surface area contributed by atoms with Crippen molar-refractivity contribution in [1.82, 2.24) is 5.06 Å². The smallest absolute Gasteiger partial charge is 0.330 e. The number of fused-ring (bicyclic) bond motifs is 2. The largest absolute Gasteiger partial charge is 0.333 e. The van der Waals surface area contributed by atoms with Crippen LogP contribution in [-0.4, -0.2) is 22.8 Å². The first-order valence-corrected chi connectivity index (χ1v) is 9.02. The third-order valence-corrected chi connectivity index (χ3v) is 5.09. The molecule has 1 saturated heterocycles. The van der Waals surface area contributed by atoms with Crippen LogP contribution >= 0.6 is 0 Å². The lowest BCUT2D eigenvalue weighted by Crippen LogP contribution is -2.32. The molecule has 136 valence electrons. The zero-order valence-corrected chi connectivity index (χ0v) is 15.0. The van der Waals surface area contributed by atoms with Gasteiger partial charge < -0.3 is 4.84 Å². The monoisotopic (exact) mass is 361 g/mol. The molecule has 5 nitrogen and oxygen atoms in total. The molecule has 0 spiro atoms. The van der Waals surface area contributed by atoms with E-state index in [0.29, 0.717) is 11.5 Å². The van der Waals surface area contributed by atoms with Gasteiger partial charge in [-0.05, 0) is 46.0 Å². The quantitative estimate of drug-likeness (QED) is 0.523. The van der Waals surface area contributed by atoms with Crippen molar-refractivity contribution in [3.63, 3.8) is 0 Å². The van der Waals surface area contributed by atoms with E-state index in [1.807, 2.05) is 24.3 Å². The Kier molecular flexibility index (Phi) is 4.36. The first-order chi connectivity index (χ1) is 13.1. The summed E-state index contributed by atoms with van der Waals surface area (Å²) < 4.78 is 0. The van der Waals surface area contributed by atoms with Crippen LogP contribution in [0.5, 0.6) is 0 Å². The van der Waals surface area contributed by atoms with Gasteiger partial charge in [-0.1, -0.05) is 48.5 Å². The molecule has 0 aliphatic carbocycles. The molecule has 0 N–H and O–H groups in total. The summed E-state index contributed by atoms with van der Waals surface area (Å²) in [4.78, 5) is 40.5. The molecule has 27 heavy (non-hydrogen) atoms. The van der Waals surface area contributed by atoms with Gasteiger partial charge in [0.05, 0.1) is 6.42 Å². The number of carbonyl (C=O) groups excluding carboxylic acids is 3. The Labute approximate surface area is 156 Å². The third kappa shape index (κ3) is 3.05. The van der Waals surface area contributed by atoms with Crippen molar-refractivity contribution in [2.24, 2.45) is 0 Å². The third-order valence-electron chi connectivity index (χ3n) is 5.09. The molecule has 0 atom stereocenters. The summed E-state index contributed by atoms with van der Waals surface area (Å²) in [6.45, 7) is 2.10.